The number of para-hydroxylation sites is 1. The second-order valence-electron chi connectivity index (χ2n) is 2.69. The standard InChI is InChI=1S/C9H10O5S/c1-7(14-15(11)12)9(10)13-8-5-3-2-4-6-8/h2-7H,1H3,(H,11,12). The van der Waals surface area contributed by atoms with Crippen molar-refractivity contribution in [2.45, 2.75) is 13.0 Å². The van der Waals surface area contributed by atoms with Gasteiger partial charge in [0.2, 0.25) is 0 Å². The van der Waals surface area contributed by atoms with Crippen LogP contribution in [0.15, 0.2) is 30.3 Å². The lowest BCUT2D eigenvalue weighted by molar-refractivity contribution is -0.141. The van der Waals surface area contributed by atoms with Crippen LogP contribution in [0.5, 0.6) is 5.75 Å². The maximum atomic E-state index is 11.3. The molecule has 1 rings (SSSR count). The molecule has 2 unspecified atom stereocenters. The summed E-state index contributed by atoms with van der Waals surface area (Å²) in [5, 5.41) is 0. The predicted octanol–water partition coefficient (Wildman–Crippen LogP) is 1.13. The normalized spacial score (nSPS) is 14.3. The third-order valence-corrected chi connectivity index (χ3v) is 1.97. The van der Waals surface area contributed by atoms with E-state index in [4.69, 9.17) is 9.29 Å². The van der Waals surface area contributed by atoms with E-state index in [-0.39, 0.29) is 0 Å². The molecule has 0 aliphatic heterocycles. The highest BCUT2D eigenvalue weighted by Gasteiger charge is 2.18. The number of esters is 1. The molecule has 0 amide bonds. The molecule has 0 bridgehead atoms. The first-order chi connectivity index (χ1) is 7.09. The molecule has 0 spiro atoms. The van der Waals surface area contributed by atoms with Gasteiger partial charge in [-0.2, -0.15) is 4.21 Å². The van der Waals surface area contributed by atoms with Crippen LogP contribution >= 0.6 is 0 Å². The van der Waals surface area contributed by atoms with Crippen LogP contribution in [-0.4, -0.2) is 20.8 Å². The number of carbonyl (C=O) groups excluding carboxylic acids is 1. The Bertz CT molecular complexity index is 351. The van der Waals surface area contributed by atoms with E-state index < -0.39 is 23.4 Å². The van der Waals surface area contributed by atoms with Gasteiger partial charge in [0.05, 0.1) is 0 Å². The minimum Gasteiger partial charge on any atom is -0.425 e. The van der Waals surface area contributed by atoms with Crippen LogP contribution in [0.3, 0.4) is 0 Å². The van der Waals surface area contributed by atoms with Gasteiger partial charge in [0.25, 0.3) is 0 Å². The van der Waals surface area contributed by atoms with Crippen molar-refractivity contribution in [3.05, 3.63) is 30.3 Å². The minimum atomic E-state index is -2.48. The van der Waals surface area contributed by atoms with E-state index in [9.17, 15) is 9.00 Å². The lowest BCUT2D eigenvalue weighted by Crippen LogP contribution is -2.26. The average molecular weight is 230 g/mol. The molecule has 1 N–H and O–H groups in total. The highest BCUT2D eigenvalue weighted by atomic mass is 32.2. The van der Waals surface area contributed by atoms with Crippen LogP contribution in [0, 0.1) is 0 Å². The van der Waals surface area contributed by atoms with Gasteiger partial charge in [-0.25, -0.2) is 4.79 Å². The third-order valence-electron chi connectivity index (χ3n) is 1.52. The van der Waals surface area contributed by atoms with Crippen LogP contribution in [0.2, 0.25) is 0 Å². The van der Waals surface area contributed by atoms with Crippen molar-refractivity contribution in [1.82, 2.24) is 0 Å². The lowest BCUT2D eigenvalue weighted by atomic mass is 10.3. The highest BCUT2D eigenvalue weighted by molar-refractivity contribution is 7.74. The summed E-state index contributed by atoms with van der Waals surface area (Å²) in [5.41, 5.74) is 0. The van der Waals surface area contributed by atoms with Crippen molar-refractivity contribution in [3.63, 3.8) is 0 Å². The fourth-order valence-corrected chi connectivity index (χ4v) is 1.18. The van der Waals surface area contributed by atoms with Crippen LogP contribution in [0.4, 0.5) is 0 Å². The molecule has 0 aliphatic rings. The molecule has 15 heavy (non-hydrogen) atoms. The van der Waals surface area contributed by atoms with E-state index in [0.29, 0.717) is 5.75 Å². The fourth-order valence-electron chi connectivity index (χ4n) is 0.850. The zero-order chi connectivity index (χ0) is 11.3. The zero-order valence-corrected chi connectivity index (χ0v) is 8.77. The second kappa shape index (κ2) is 5.59. The number of rotatable bonds is 4. The fraction of sp³-hybridized carbons (Fsp3) is 0.222. The Kier molecular flexibility index (Phi) is 4.41. The molecule has 1 aromatic rings. The third kappa shape index (κ3) is 4.20. The second-order valence-corrected chi connectivity index (χ2v) is 3.32. The Balaban J connectivity index is 2.52. The maximum Gasteiger partial charge on any atom is 0.341 e. The average Bonchev–Trinajstić information content (AvgIpc) is 2.18. The van der Waals surface area contributed by atoms with Gasteiger partial charge in [-0.05, 0) is 19.1 Å². The first kappa shape index (κ1) is 11.8. The minimum absolute atomic E-state index is 0.363. The van der Waals surface area contributed by atoms with Gasteiger partial charge in [-0.3, -0.25) is 8.74 Å². The van der Waals surface area contributed by atoms with Crippen molar-refractivity contribution >= 4 is 17.3 Å². The summed E-state index contributed by atoms with van der Waals surface area (Å²) in [4.78, 5) is 11.3. The zero-order valence-electron chi connectivity index (χ0n) is 7.95. The van der Waals surface area contributed by atoms with Crippen molar-refractivity contribution in [2.24, 2.45) is 0 Å². The van der Waals surface area contributed by atoms with Gasteiger partial charge in [-0.15, -0.1) is 0 Å². The maximum absolute atomic E-state index is 11.3. The summed E-state index contributed by atoms with van der Waals surface area (Å²) in [6.45, 7) is 1.33. The predicted molar refractivity (Wildman–Crippen MR) is 53.4 cm³/mol. The lowest BCUT2D eigenvalue weighted by Gasteiger charge is -2.08. The van der Waals surface area contributed by atoms with Gasteiger partial charge in [0.1, 0.15) is 5.75 Å². The van der Waals surface area contributed by atoms with Crippen molar-refractivity contribution in [1.29, 1.82) is 0 Å². The summed E-state index contributed by atoms with van der Waals surface area (Å²) in [6.07, 6.45) is -1.09. The summed E-state index contributed by atoms with van der Waals surface area (Å²) in [7, 11) is 0. The van der Waals surface area contributed by atoms with Crippen LogP contribution in [0.25, 0.3) is 0 Å². The number of ether oxygens (including phenoxy) is 1. The Morgan fingerprint density at radius 3 is 2.53 bits per heavy atom. The van der Waals surface area contributed by atoms with E-state index in [1.54, 1.807) is 30.3 Å². The van der Waals surface area contributed by atoms with Crippen LogP contribution in [-0.2, 0) is 20.3 Å². The molecular formula is C9H10O5S. The number of carbonyl (C=O) groups is 1. The Morgan fingerprint density at radius 1 is 1.40 bits per heavy atom. The largest absolute Gasteiger partial charge is 0.425 e. The molecule has 0 radical (unpaired) electrons. The molecule has 0 fully saturated rings. The summed E-state index contributed by atoms with van der Waals surface area (Å²) in [5.74, 6) is -0.356. The van der Waals surface area contributed by atoms with Gasteiger partial charge in [0, 0.05) is 0 Å². The van der Waals surface area contributed by atoms with E-state index >= 15 is 0 Å². The smallest absolute Gasteiger partial charge is 0.341 e. The van der Waals surface area contributed by atoms with Crippen LogP contribution in [0.1, 0.15) is 6.92 Å². The van der Waals surface area contributed by atoms with Crippen molar-refractivity contribution in [3.8, 4) is 5.75 Å². The molecule has 1 aromatic carbocycles. The first-order valence-electron chi connectivity index (χ1n) is 4.14. The van der Waals surface area contributed by atoms with E-state index in [2.05, 4.69) is 4.18 Å². The number of hydrogen-bond acceptors (Lipinski definition) is 4. The SMILES string of the molecule is CC(OS(=O)O)C(=O)Oc1ccccc1. The molecule has 0 saturated heterocycles. The summed E-state index contributed by atoms with van der Waals surface area (Å²) < 4.78 is 27.8. The Labute approximate surface area is 89.5 Å². The van der Waals surface area contributed by atoms with Gasteiger partial charge in [-0.1, -0.05) is 18.2 Å². The monoisotopic (exact) mass is 230 g/mol. The molecule has 2 atom stereocenters. The van der Waals surface area contributed by atoms with Gasteiger partial charge < -0.3 is 4.74 Å². The summed E-state index contributed by atoms with van der Waals surface area (Å²) in [6, 6.07) is 8.39. The number of hydrogen-bond donors (Lipinski definition) is 1. The van der Waals surface area contributed by atoms with Crippen molar-refractivity contribution in [2.75, 3.05) is 0 Å². The van der Waals surface area contributed by atoms with E-state index in [0.717, 1.165) is 0 Å². The first-order valence-corrected chi connectivity index (χ1v) is 5.17. The Morgan fingerprint density at radius 2 is 2.00 bits per heavy atom. The molecular weight excluding hydrogens is 220 g/mol. The molecule has 5 nitrogen and oxygen atoms in total. The highest BCUT2D eigenvalue weighted by Crippen LogP contribution is 2.10. The van der Waals surface area contributed by atoms with E-state index in [1.165, 1.54) is 6.92 Å². The summed E-state index contributed by atoms with van der Waals surface area (Å²) >= 11 is -2.48. The van der Waals surface area contributed by atoms with E-state index in [1.807, 2.05) is 0 Å². The molecule has 6 heteroatoms. The molecule has 0 aliphatic carbocycles. The van der Waals surface area contributed by atoms with Crippen LogP contribution < -0.4 is 4.74 Å². The van der Waals surface area contributed by atoms with Crippen molar-refractivity contribution < 1.29 is 22.5 Å². The molecule has 0 aromatic heterocycles. The Hall–Kier alpha value is -1.24. The van der Waals surface area contributed by atoms with Gasteiger partial charge in [0.15, 0.2) is 6.10 Å². The quantitative estimate of drug-likeness (QED) is 0.477. The molecule has 82 valence electrons. The number of benzene rings is 1. The topological polar surface area (TPSA) is 72.8 Å². The van der Waals surface area contributed by atoms with Gasteiger partial charge >= 0.3 is 17.3 Å². The molecule has 0 heterocycles. The molecule has 0 saturated carbocycles.